The summed E-state index contributed by atoms with van der Waals surface area (Å²) in [5, 5.41) is 43.1. The Hall–Kier alpha value is -4.18. The Bertz CT molecular complexity index is 1400. The quantitative estimate of drug-likeness (QED) is 0.234. The average molecular weight is 578 g/mol. The number of ether oxygens (including phenoxy) is 1. The van der Waals surface area contributed by atoms with Crippen LogP contribution in [0.25, 0.3) is 6.08 Å². The summed E-state index contributed by atoms with van der Waals surface area (Å²) in [7, 11) is 0. The van der Waals surface area contributed by atoms with Crippen LogP contribution in [0, 0.1) is 33.5 Å². The number of nitrogens with zero attached hydrogens (tertiary/aromatic N) is 2. The van der Waals surface area contributed by atoms with Gasteiger partial charge in [0.1, 0.15) is 6.61 Å². The highest BCUT2D eigenvalue weighted by Gasteiger charge is 2.66. The molecular weight excluding hydrogens is 546 g/mol. The summed E-state index contributed by atoms with van der Waals surface area (Å²) < 4.78 is 5.03. The average Bonchev–Trinajstić information content (AvgIpc) is 2.93. The van der Waals surface area contributed by atoms with Gasteiger partial charge in [0, 0.05) is 29.4 Å². The van der Waals surface area contributed by atoms with E-state index >= 15 is 0 Å². The fraction of sp³-hybridized carbons (Fsp3) is 0.387. The molecule has 1 fully saturated rings. The van der Waals surface area contributed by atoms with Crippen LogP contribution in [0.3, 0.4) is 0 Å². The van der Waals surface area contributed by atoms with Crippen LogP contribution < -0.4 is 5.32 Å². The van der Waals surface area contributed by atoms with E-state index in [1.54, 1.807) is 74.5 Å². The molecule has 0 aromatic heterocycles. The maximum Gasteiger partial charge on any atom is 0.338 e. The molecule has 1 aliphatic heterocycles. The number of nitrogens with one attached hydrogen (secondary N) is 1. The topological polar surface area (TPSA) is 161 Å². The normalized spacial score (nSPS) is 25.6. The summed E-state index contributed by atoms with van der Waals surface area (Å²) in [6.07, 6.45) is 3.35. The van der Waals surface area contributed by atoms with E-state index in [2.05, 4.69) is 5.32 Å². The summed E-state index contributed by atoms with van der Waals surface area (Å²) >= 11 is 6.32. The van der Waals surface area contributed by atoms with Gasteiger partial charge in [0.2, 0.25) is 0 Å². The summed E-state index contributed by atoms with van der Waals surface area (Å²) in [6, 6.07) is 15.7. The first-order valence-corrected chi connectivity index (χ1v) is 13.6. The summed E-state index contributed by atoms with van der Waals surface area (Å²) in [5.41, 5.74) is -1.75. The molecule has 0 saturated carbocycles. The lowest BCUT2D eigenvalue weighted by Crippen LogP contribution is -2.69. The van der Waals surface area contributed by atoms with Crippen molar-refractivity contribution in [3.05, 3.63) is 76.3 Å². The first-order valence-electron chi connectivity index (χ1n) is 13.2. The van der Waals surface area contributed by atoms with Crippen molar-refractivity contribution >= 4 is 35.6 Å². The molecule has 5 atom stereocenters. The second kappa shape index (κ2) is 13.5. The minimum absolute atomic E-state index is 0.000903. The Kier molecular flexibility index (Phi) is 10.3. The molecule has 1 saturated heterocycles. The molecule has 3 N–H and O–H groups in total. The summed E-state index contributed by atoms with van der Waals surface area (Å²) in [6.45, 7) is 3.45. The highest BCUT2D eigenvalue weighted by molar-refractivity contribution is 6.30. The molecule has 1 heterocycles. The molecule has 3 rings (SSSR count). The monoisotopic (exact) mass is 577 g/mol. The van der Waals surface area contributed by atoms with Crippen LogP contribution in [-0.4, -0.2) is 46.8 Å². The molecule has 41 heavy (non-hydrogen) atoms. The smallest absolute Gasteiger partial charge is 0.338 e. The molecule has 2 aromatic carbocycles. The van der Waals surface area contributed by atoms with Gasteiger partial charge in [-0.05, 0) is 62.1 Å². The molecule has 0 amide bonds. The summed E-state index contributed by atoms with van der Waals surface area (Å²) in [4.78, 5) is 38.5. The minimum atomic E-state index is -1.62. The lowest BCUT2D eigenvalue weighted by Gasteiger charge is -2.57. The third-order valence-electron chi connectivity index (χ3n) is 8.06. The number of allylic oxidation sites excluding steroid dienone is 1. The van der Waals surface area contributed by atoms with Crippen molar-refractivity contribution in [1.82, 2.24) is 5.32 Å². The van der Waals surface area contributed by atoms with Crippen LogP contribution in [0.1, 0.15) is 66.9 Å². The van der Waals surface area contributed by atoms with Crippen LogP contribution in [0.5, 0.6) is 0 Å². The number of rotatable bonds is 11. The number of halogens is 1. The van der Waals surface area contributed by atoms with E-state index < -0.39 is 46.7 Å². The van der Waals surface area contributed by atoms with E-state index in [1.165, 1.54) is 0 Å². The number of carbonyl (C=O) groups is 3. The number of hydrogen-bond donors (Lipinski definition) is 3. The molecular formula is C31H32ClN3O6. The predicted molar refractivity (Wildman–Crippen MR) is 152 cm³/mol. The van der Waals surface area contributed by atoms with Crippen molar-refractivity contribution in [2.24, 2.45) is 10.8 Å². The van der Waals surface area contributed by atoms with E-state index in [4.69, 9.17) is 21.6 Å². The maximum absolute atomic E-state index is 13.3. The number of nitriles is 2. The van der Waals surface area contributed by atoms with E-state index in [0.29, 0.717) is 21.7 Å². The SMILES string of the molecule is CC1NC(C)C(CCC#N)(C(=O)O)C(c2cccc(Cl)c2)C1(CC=Cc1ccc(C(=O)OCCC#N)cc1)C(=O)O. The van der Waals surface area contributed by atoms with E-state index in [0.717, 1.165) is 0 Å². The lowest BCUT2D eigenvalue weighted by atomic mass is 9.49. The second-order valence-electron chi connectivity index (χ2n) is 10.2. The molecule has 9 nitrogen and oxygen atoms in total. The molecule has 2 aromatic rings. The number of carboxylic acids is 2. The van der Waals surface area contributed by atoms with E-state index in [1.807, 2.05) is 12.1 Å². The zero-order chi connectivity index (χ0) is 30.2. The van der Waals surface area contributed by atoms with Gasteiger partial charge in [-0.25, -0.2) is 4.79 Å². The number of esters is 1. The van der Waals surface area contributed by atoms with Crippen molar-refractivity contribution in [3.8, 4) is 12.1 Å². The van der Waals surface area contributed by atoms with Crippen molar-refractivity contribution < 1.29 is 29.3 Å². The third-order valence-corrected chi connectivity index (χ3v) is 8.30. The van der Waals surface area contributed by atoms with Crippen LogP contribution in [0.15, 0.2) is 54.6 Å². The molecule has 0 spiro atoms. The molecule has 0 radical (unpaired) electrons. The van der Waals surface area contributed by atoms with Gasteiger partial charge < -0.3 is 20.3 Å². The summed E-state index contributed by atoms with van der Waals surface area (Å²) in [5.74, 6) is -3.93. The Morgan fingerprint density at radius 3 is 2.22 bits per heavy atom. The van der Waals surface area contributed by atoms with Gasteiger partial charge in [-0.1, -0.05) is 48.0 Å². The van der Waals surface area contributed by atoms with Gasteiger partial charge in [0.15, 0.2) is 0 Å². The fourth-order valence-electron chi connectivity index (χ4n) is 6.04. The van der Waals surface area contributed by atoms with Gasteiger partial charge >= 0.3 is 17.9 Å². The predicted octanol–water partition coefficient (Wildman–Crippen LogP) is 5.42. The van der Waals surface area contributed by atoms with Crippen molar-refractivity contribution in [3.63, 3.8) is 0 Å². The molecule has 10 heteroatoms. The zero-order valence-electron chi connectivity index (χ0n) is 22.8. The molecule has 0 aliphatic carbocycles. The first kappa shape index (κ1) is 31.3. The number of carbonyl (C=O) groups excluding carboxylic acids is 1. The Morgan fingerprint density at radius 2 is 1.63 bits per heavy atom. The third kappa shape index (κ3) is 6.27. The van der Waals surface area contributed by atoms with Crippen LogP contribution >= 0.6 is 11.6 Å². The van der Waals surface area contributed by atoms with Gasteiger partial charge in [-0.2, -0.15) is 10.5 Å². The zero-order valence-corrected chi connectivity index (χ0v) is 23.6. The number of hydrogen-bond acceptors (Lipinski definition) is 7. The standard InChI is InChI=1S/C31H32ClN3O6/c1-20-30(28(37)38,14-4-7-22-10-12-23(13-11-22)27(36)41-18-6-17-34)26(24-8-3-9-25(32)19-24)31(29(39)40,15-5-16-33)21(2)35-20/h3-4,7-13,19-21,26,35H,5-6,14-15,18H2,1-2H3,(H,37,38)(H,39,40). The first-order chi connectivity index (χ1) is 19.5. The fourth-order valence-corrected chi connectivity index (χ4v) is 6.23. The van der Waals surface area contributed by atoms with Crippen molar-refractivity contribution in [2.75, 3.05) is 6.61 Å². The minimum Gasteiger partial charge on any atom is -0.481 e. The van der Waals surface area contributed by atoms with Crippen LogP contribution in [-0.2, 0) is 14.3 Å². The second-order valence-corrected chi connectivity index (χ2v) is 10.7. The molecule has 214 valence electrons. The van der Waals surface area contributed by atoms with Gasteiger partial charge in [0.05, 0.1) is 35.0 Å². The molecule has 5 unspecified atom stereocenters. The van der Waals surface area contributed by atoms with Crippen LogP contribution in [0.2, 0.25) is 5.02 Å². The van der Waals surface area contributed by atoms with Crippen molar-refractivity contribution in [2.45, 2.75) is 57.5 Å². The Morgan fingerprint density at radius 1 is 1.00 bits per heavy atom. The van der Waals surface area contributed by atoms with E-state index in [9.17, 15) is 29.9 Å². The maximum atomic E-state index is 13.3. The lowest BCUT2D eigenvalue weighted by molar-refractivity contribution is -0.172. The van der Waals surface area contributed by atoms with Gasteiger partial charge in [0.25, 0.3) is 0 Å². The highest BCUT2D eigenvalue weighted by Crippen LogP contribution is 2.59. The molecule has 1 aliphatic rings. The van der Waals surface area contributed by atoms with Gasteiger partial charge in [-0.15, -0.1) is 0 Å². The number of aliphatic carboxylic acids is 2. The van der Waals surface area contributed by atoms with E-state index in [-0.39, 0.29) is 32.3 Å². The molecule has 0 bridgehead atoms. The number of piperidine rings is 1. The van der Waals surface area contributed by atoms with Crippen molar-refractivity contribution in [1.29, 1.82) is 10.5 Å². The van der Waals surface area contributed by atoms with Gasteiger partial charge in [-0.3, -0.25) is 9.59 Å². The number of carboxylic acid groups (broad SMARTS) is 2. The highest BCUT2D eigenvalue weighted by atomic mass is 35.5. The van der Waals surface area contributed by atoms with Crippen LogP contribution in [0.4, 0.5) is 0 Å². The Labute approximate surface area is 244 Å². The Balaban J connectivity index is 2.06. The number of benzene rings is 2. The largest absolute Gasteiger partial charge is 0.481 e.